The van der Waals surface area contributed by atoms with E-state index in [-0.39, 0.29) is 17.5 Å². The monoisotopic (exact) mass is 330 g/mol. The highest BCUT2D eigenvalue weighted by Crippen LogP contribution is 2.25. The zero-order valence-electron chi connectivity index (χ0n) is 14.0. The summed E-state index contributed by atoms with van der Waals surface area (Å²) in [5.74, 6) is 0.814. The molecule has 0 spiro atoms. The first kappa shape index (κ1) is 16.2. The zero-order valence-corrected chi connectivity index (χ0v) is 14.0. The van der Waals surface area contributed by atoms with Crippen molar-refractivity contribution in [1.29, 1.82) is 0 Å². The van der Waals surface area contributed by atoms with E-state index in [4.69, 9.17) is 0 Å². The number of nitrogens with zero attached hydrogens (tertiary/aromatic N) is 5. The predicted molar refractivity (Wildman–Crippen MR) is 89.3 cm³/mol. The van der Waals surface area contributed by atoms with Gasteiger partial charge in [-0.1, -0.05) is 0 Å². The van der Waals surface area contributed by atoms with Crippen LogP contribution in [-0.2, 0) is 18.4 Å². The van der Waals surface area contributed by atoms with Gasteiger partial charge in [-0.15, -0.1) is 0 Å². The molecule has 1 aliphatic rings. The first-order valence-corrected chi connectivity index (χ1v) is 8.19. The van der Waals surface area contributed by atoms with E-state index in [1.54, 1.807) is 27.6 Å². The van der Waals surface area contributed by atoms with Gasteiger partial charge in [0.05, 0.1) is 6.20 Å². The standard InChI is InChI=1S/C16H22N6O2/c1-3-22-15(18-19-16(22)24)13-5-4-8-21(11-13)14(23)7-6-12-9-17-20(2)10-12/h6-7,9-10,13H,3-5,8,11H2,1-2H3,(H,19,24)/b7-6+/t13-/m1/s1. The second-order valence-electron chi connectivity index (χ2n) is 6.04. The highest BCUT2D eigenvalue weighted by molar-refractivity contribution is 5.91. The molecule has 2 aromatic heterocycles. The summed E-state index contributed by atoms with van der Waals surface area (Å²) in [4.78, 5) is 26.0. The fourth-order valence-corrected chi connectivity index (χ4v) is 3.13. The van der Waals surface area contributed by atoms with E-state index < -0.39 is 0 Å². The van der Waals surface area contributed by atoms with Crippen LogP contribution in [0, 0.1) is 0 Å². The fourth-order valence-electron chi connectivity index (χ4n) is 3.13. The van der Waals surface area contributed by atoms with Crippen LogP contribution in [0.5, 0.6) is 0 Å². The van der Waals surface area contributed by atoms with Crippen LogP contribution in [-0.4, -0.2) is 48.4 Å². The molecule has 1 atom stereocenters. The molecule has 2 aromatic rings. The number of carbonyl (C=O) groups excluding carboxylic acids is 1. The minimum absolute atomic E-state index is 0.0236. The summed E-state index contributed by atoms with van der Waals surface area (Å²) >= 11 is 0. The lowest BCUT2D eigenvalue weighted by atomic mass is 9.97. The number of carbonyl (C=O) groups is 1. The van der Waals surface area contributed by atoms with Crippen molar-refractivity contribution in [2.24, 2.45) is 7.05 Å². The topological polar surface area (TPSA) is 88.8 Å². The van der Waals surface area contributed by atoms with Crippen LogP contribution < -0.4 is 5.69 Å². The molecular weight excluding hydrogens is 308 g/mol. The van der Waals surface area contributed by atoms with Gasteiger partial charge in [0, 0.05) is 50.4 Å². The van der Waals surface area contributed by atoms with E-state index in [0.717, 1.165) is 30.8 Å². The maximum absolute atomic E-state index is 12.4. The van der Waals surface area contributed by atoms with Gasteiger partial charge in [-0.25, -0.2) is 9.89 Å². The number of hydrogen-bond acceptors (Lipinski definition) is 4. The molecule has 1 saturated heterocycles. The number of rotatable bonds is 4. The van der Waals surface area contributed by atoms with Gasteiger partial charge in [0.1, 0.15) is 5.82 Å². The molecule has 0 radical (unpaired) electrons. The van der Waals surface area contributed by atoms with Crippen LogP contribution in [0.25, 0.3) is 6.08 Å². The molecule has 3 heterocycles. The first-order valence-electron chi connectivity index (χ1n) is 8.19. The third kappa shape index (κ3) is 3.32. The molecule has 8 nitrogen and oxygen atoms in total. The minimum Gasteiger partial charge on any atom is -0.338 e. The summed E-state index contributed by atoms with van der Waals surface area (Å²) in [5.41, 5.74) is 0.707. The summed E-state index contributed by atoms with van der Waals surface area (Å²) in [7, 11) is 1.84. The van der Waals surface area contributed by atoms with Crippen LogP contribution in [0.15, 0.2) is 23.3 Å². The molecule has 0 aliphatic carbocycles. The number of hydrogen-bond donors (Lipinski definition) is 1. The van der Waals surface area contributed by atoms with Crippen molar-refractivity contribution in [3.05, 3.63) is 40.3 Å². The van der Waals surface area contributed by atoms with Crippen molar-refractivity contribution in [3.8, 4) is 0 Å². The Kier molecular flexibility index (Phi) is 4.64. The van der Waals surface area contributed by atoms with Crippen LogP contribution in [0.1, 0.15) is 37.1 Å². The van der Waals surface area contributed by atoms with Crippen molar-refractivity contribution >= 4 is 12.0 Å². The number of amides is 1. The molecule has 1 amide bonds. The summed E-state index contributed by atoms with van der Waals surface area (Å²) < 4.78 is 3.34. The third-order valence-electron chi connectivity index (χ3n) is 4.35. The lowest BCUT2D eigenvalue weighted by Gasteiger charge is -2.31. The largest absolute Gasteiger partial charge is 0.343 e. The number of aromatic nitrogens is 5. The minimum atomic E-state index is -0.188. The first-order chi connectivity index (χ1) is 11.6. The van der Waals surface area contributed by atoms with Crippen LogP contribution in [0.4, 0.5) is 0 Å². The Morgan fingerprint density at radius 2 is 2.33 bits per heavy atom. The second kappa shape index (κ2) is 6.86. The van der Waals surface area contributed by atoms with Crippen LogP contribution in [0.3, 0.4) is 0 Å². The van der Waals surface area contributed by atoms with Crippen molar-refractivity contribution in [1.82, 2.24) is 29.4 Å². The van der Waals surface area contributed by atoms with Crippen molar-refractivity contribution in [2.45, 2.75) is 32.2 Å². The Morgan fingerprint density at radius 1 is 1.50 bits per heavy atom. The summed E-state index contributed by atoms with van der Waals surface area (Å²) in [5, 5.41) is 10.7. The molecule has 3 rings (SSSR count). The average Bonchev–Trinajstić information content (AvgIpc) is 3.18. The van der Waals surface area contributed by atoms with Crippen molar-refractivity contribution < 1.29 is 4.79 Å². The van der Waals surface area contributed by atoms with Gasteiger partial charge in [-0.05, 0) is 25.8 Å². The number of aromatic amines is 1. The van der Waals surface area contributed by atoms with Gasteiger partial charge >= 0.3 is 5.69 Å². The van der Waals surface area contributed by atoms with Gasteiger partial charge < -0.3 is 4.90 Å². The fraction of sp³-hybridized carbons (Fsp3) is 0.500. The molecule has 0 aromatic carbocycles. The molecule has 0 unspecified atom stereocenters. The van der Waals surface area contributed by atoms with E-state index in [1.807, 2.05) is 25.1 Å². The summed E-state index contributed by atoms with van der Waals surface area (Å²) in [6.45, 7) is 3.81. The molecule has 24 heavy (non-hydrogen) atoms. The Bertz CT molecular complexity index is 800. The second-order valence-corrected chi connectivity index (χ2v) is 6.04. The van der Waals surface area contributed by atoms with E-state index in [0.29, 0.717) is 13.1 Å². The smallest absolute Gasteiger partial charge is 0.338 e. The molecule has 0 saturated carbocycles. The summed E-state index contributed by atoms with van der Waals surface area (Å²) in [6, 6.07) is 0. The quantitative estimate of drug-likeness (QED) is 0.838. The van der Waals surface area contributed by atoms with Crippen molar-refractivity contribution in [3.63, 3.8) is 0 Å². The number of nitrogens with one attached hydrogen (secondary N) is 1. The molecule has 0 bridgehead atoms. The van der Waals surface area contributed by atoms with Gasteiger partial charge in [-0.2, -0.15) is 10.2 Å². The average molecular weight is 330 g/mol. The van der Waals surface area contributed by atoms with E-state index >= 15 is 0 Å². The normalized spacial score (nSPS) is 18.4. The zero-order chi connectivity index (χ0) is 17.1. The molecular formula is C16H22N6O2. The highest BCUT2D eigenvalue weighted by Gasteiger charge is 2.27. The van der Waals surface area contributed by atoms with Gasteiger partial charge in [0.2, 0.25) is 5.91 Å². The van der Waals surface area contributed by atoms with Gasteiger partial charge in [0.15, 0.2) is 0 Å². The number of H-pyrrole nitrogens is 1. The molecule has 1 aliphatic heterocycles. The Balaban J connectivity index is 1.69. The lowest BCUT2D eigenvalue weighted by Crippen LogP contribution is -2.39. The SMILES string of the molecule is CCn1c([C@@H]2CCCN(C(=O)/C=C/c3cnn(C)c3)C2)n[nH]c1=O. The summed E-state index contributed by atoms with van der Waals surface area (Å²) in [6.07, 6.45) is 8.76. The maximum atomic E-state index is 12.4. The molecule has 8 heteroatoms. The Morgan fingerprint density at radius 3 is 3.04 bits per heavy atom. The number of aryl methyl sites for hydroxylation is 1. The number of piperidine rings is 1. The van der Waals surface area contributed by atoms with Gasteiger partial charge in [0.25, 0.3) is 0 Å². The predicted octanol–water partition coefficient (Wildman–Crippen LogP) is 0.744. The van der Waals surface area contributed by atoms with Crippen LogP contribution in [0.2, 0.25) is 0 Å². The lowest BCUT2D eigenvalue weighted by molar-refractivity contribution is -0.127. The maximum Gasteiger partial charge on any atom is 0.343 e. The van der Waals surface area contributed by atoms with E-state index in [2.05, 4.69) is 15.3 Å². The van der Waals surface area contributed by atoms with E-state index in [9.17, 15) is 9.59 Å². The van der Waals surface area contributed by atoms with Gasteiger partial charge in [-0.3, -0.25) is 14.0 Å². The molecule has 128 valence electrons. The van der Waals surface area contributed by atoms with Crippen molar-refractivity contribution in [2.75, 3.05) is 13.1 Å². The Hall–Kier alpha value is -2.64. The third-order valence-corrected chi connectivity index (χ3v) is 4.35. The molecule has 1 fully saturated rings. The molecule has 1 N–H and O–H groups in total. The van der Waals surface area contributed by atoms with Crippen LogP contribution >= 0.6 is 0 Å². The van der Waals surface area contributed by atoms with E-state index in [1.165, 1.54) is 0 Å². The highest BCUT2D eigenvalue weighted by atomic mass is 16.2. The number of likely N-dealkylation sites (tertiary alicyclic amines) is 1. The Labute approximate surface area is 139 Å².